The molecule has 1 aromatic carbocycles. The van der Waals surface area contributed by atoms with Crippen LogP contribution in [0.1, 0.15) is 30.0 Å². The Labute approximate surface area is 118 Å². The highest BCUT2D eigenvalue weighted by Crippen LogP contribution is 2.29. The monoisotopic (exact) mass is 276 g/mol. The molecule has 0 bridgehead atoms. The highest BCUT2D eigenvalue weighted by Gasteiger charge is 2.24. The van der Waals surface area contributed by atoms with Crippen LogP contribution in [-0.2, 0) is 6.42 Å². The maximum absolute atomic E-state index is 12.3. The number of benzene rings is 1. The van der Waals surface area contributed by atoms with Crippen molar-refractivity contribution in [1.82, 2.24) is 10.2 Å². The fourth-order valence-electron chi connectivity index (χ4n) is 2.91. The molecule has 0 spiro atoms. The summed E-state index contributed by atoms with van der Waals surface area (Å²) in [5.41, 5.74) is 2.71. The number of carbonyl (C=O) groups excluding carboxylic acids is 1. The second kappa shape index (κ2) is 5.87. The van der Waals surface area contributed by atoms with Crippen molar-refractivity contribution in [2.24, 2.45) is 0 Å². The van der Waals surface area contributed by atoms with E-state index in [-0.39, 0.29) is 12.1 Å². The topological polar surface area (TPSA) is 32.3 Å². The Hall–Kier alpha value is -1.16. The first-order valence-electron chi connectivity index (χ1n) is 7.05. The summed E-state index contributed by atoms with van der Waals surface area (Å²) in [5.74, 6) is 2.13. The number of rotatable bonds is 1. The molecule has 1 atom stereocenters. The van der Waals surface area contributed by atoms with Gasteiger partial charge in [-0.25, -0.2) is 4.79 Å². The van der Waals surface area contributed by atoms with Gasteiger partial charge < -0.3 is 10.2 Å². The molecule has 0 saturated carbocycles. The summed E-state index contributed by atoms with van der Waals surface area (Å²) < 4.78 is 0. The van der Waals surface area contributed by atoms with E-state index in [2.05, 4.69) is 29.6 Å². The SMILES string of the molecule is O=C(N[C@H]1CCCc2ccccc21)N1CCSCC1. The first-order chi connectivity index (χ1) is 9.34. The lowest BCUT2D eigenvalue weighted by Crippen LogP contribution is -2.46. The molecular formula is C15H20N2OS. The van der Waals surface area contributed by atoms with Crippen molar-refractivity contribution in [3.8, 4) is 0 Å². The van der Waals surface area contributed by atoms with Crippen LogP contribution >= 0.6 is 11.8 Å². The average molecular weight is 276 g/mol. The van der Waals surface area contributed by atoms with Gasteiger partial charge in [-0.2, -0.15) is 11.8 Å². The zero-order chi connectivity index (χ0) is 13.1. The van der Waals surface area contributed by atoms with Crippen LogP contribution in [0.4, 0.5) is 4.79 Å². The zero-order valence-electron chi connectivity index (χ0n) is 11.1. The molecule has 0 aromatic heterocycles. The van der Waals surface area contributed by atoms with Crippen LogP contribution in [-0.4, -0.2) is 35.5 Å². The van der Waals surface area contributed by atoms with Gasteiger partial charge >= 0.3 is 6.03 Å². The number of hydrogen-bond donors (Lipinski definition) is 1. The molecular weight excluding hydrogens is 256 g/mol. The van der Waals surface area contributed by atoms with E-state index in [1.54, 1.807) is 0 Å². The van der Waals surface area contributed by atoms with Crippen molar-refractivity contribution in [1.29, 1.82) is 0 Å². The van der Waals surface area contributed by atoms with Crippen LogP contribution in [0.2, 0.25) is 0 Å². The molecule has 2 aliphatic rings. The lowest BCUT2D eigenvalue weighted by Gasteiger charge is -2.31. The molecule has 1 aromatic rings. The number of nitrogens with one attached hydrogen (secondary N) is 1. The van der Waals surface area contributed by atoms with E-state index in [9.17, 15) is 4.79 Å². The van der Waals surface area contributed by atoms with Gasteiger partial charge in [0.2, 0.25) is 0 Å². The predicted octanol–water partition coefficient (Wildman–Crippen LogP) is 2.82. The fourth-order valence-corrected chi connectivity index (χ4v) is 3.81. The van der Waals surface area contributed by atoms with Crippen LogP contribution in [0.3, 0.4) is 0 Å². The Bertz CT molecular complexity index is 457. The Morgan fingerprint density at radius 2 is 2.05 bits per heavy atom. The second-order valence-corrected chi connectivity index (χ2v) is 6.42. The molecule has 3 nitrogen and oxygen atoms in total. The van der Waals surface area contributed by atoms with Gasteiger partial charge in [0.05, 0.1) is 6.04 Å². The third kappa shape index (κ3) is 2.89. The van der Waals surface area contributed by atoms with Crippen molar-refractivity contribution in [3.63, 3.8) is 0 Å². The lowest BCUT2D eigenvalue weighted by atomic mass is 9.88. The van der Waals surface area contributed by atoms with Crippen molar-refractivity contribution >= 4 is 17.8 Å². The molecule has 102 valence electrons. The summed E-state index contributed by atoms with van der Waals surface area (Å²) in [4.78, 5) is 14.2. The average Bonchev–Trinajstić information content (AvgIpc) is 2.48. The Morgan fingerprint density at radius 1 is 1.26 bits per heavy atom. The van der Waals surface area contributed by atoms with Crippen molar-refractivity contribution in [3.05, 3.63) is 35.4 Å². The van der Waals surface area contributed by atoms with E-state index in [1.165, 1.54) is 11.1 Å². The third-order valence-electron chi connectivity index (χ3n) is 3.97. The van der Waals surface area contributed by atoms with E-state index in [0.717, 1.165) is 43.9 Å². The van der Waals surface area contributed by atoms with Gasteiger partial charge in [0.25, 0.3) is 0 Å². The van der Waals surface area contributed by atoms with Gasteiger partial charge in [0, 0.05) is 24.6 Å². The quantitative estimate of drug-likeness (QED) is 0.855. The number of hydrogen-bond acceptors (Lipinski definition) is 2. The molecule has 1 heterocycles. The number of aryl methyl sites for hydroxylation is 1. The summed E-state index contributed by atoms with van der Waals surface area (Å²) in [7, 11) is 0. The maximum Gasteiger partial charge on any atom is 0.317 e. The normalized spacial score (nSPS) is 22.7. The van der Waals surface area contributed by atoms with E-state index >= 15 is 0 Å². The van der Waals surface area contributed by atoms with Crippen molar-refractivity contribution in [2.75, 3.05) is 24.6 Å². The lowest BCUT2D eigenvalue weighted by molar-refractivity contribution is 0.197. The molecule has 1 aliphatic carbocycles. The largest absolute Gasteiger partial charge is 0.331 e. The number of fused-ring (bicyclic) bond motifs is 1. The summed E-state index contributed by atoms with van der Waals surface area (Å²) in [6.07, 6.45) is 3.37. The number of nitrogens with zero attached hydrogens (tertiary/aromatic N) is 1. The Balaban J connectivity index is 1.68. The first kappa shape index (κ1) is 12.9. The molecule has 2 amide bonds. The van der Waals surface area contributed by atoms with Gasteiger partial charge in [-0.15, -0.1) is 0 Å². The first-order valence-corrected chi connectivity index (χ1v) is 8.21. The van der Waals surface area contributed by atoms with Crippen LogP contribution in [0, 0.1) is 0 Å². The molecule has 1 saturated heterocycles. The maximum atomic E-state index is 12.3. The molecule has 1 fully saturated rings. The van der Waals surface area contributed by atoms with Crippen molar-refractivity contribution < 1.29 is 4.79 Å². The minimum absolute atomic E-state index is 0.113. The second-order valence-electron chi connectivity index (χ2n) is 5.19. The van der Waals surface area contributed by atoms with E-state index in [4.69, 9.17) is 0 Å². The highest BCUT2D eigenvalue weighted by molar-refractivity contribution is 7.99. The van der Waals surface area contributed by atoms with Crippen LogP contribution in [0.15, 0.2) is 24.3 Å². The van der Waals surface area contributed by atoms with Crippen molar-refractivity contribution in [2.45, 2.75) is 25.3 Å². The predicted molar refractivity (Wildman–Crippen MR) is 79.6 cm³/mol. The zero-order valence-corrected chi connectivity index (χ0v) is 11.9. The fraction of sp³-hybridized carbons (Fsp3) is 0.533. The molecule has 4 heteroatoms. The molecule has 0 radical (unpaired) electrons. The molecule has 0 unspecified atom stereocenters. The number of carbonyl (C=O) groups is 1. The number of urea groups is 1. The highest BCUT2D eigenvalue weighted by atomic mass is 32.2. The van der Waals surface area contributed by atoms with Gasteiger partial charge in [0.15, 0.2) is 0 Å². The molecule has 19 heavy (non-hydrogen) atoms. The van der Waals surface area contributed by atoms with Crippen LogP contribution in [0.25, 0.3) is 0 Å². The van der Waals surface area contributed by atoms with E-state index < -0.39 is 0 Å². The Morgan fingerprint density at radius 3 is 2.89 bits per heavy atom. The van der Waals surface area contributed by atoms with Gasteiger partial charge in [-0.05, 0) is 30.4 Å². The summed E-state index contributed by atoms with van der Waals surface area (Å²) in [6, 6.07) is 8.82. The Kier molecular flexibility index (Phi) is 3.97. The summed E-state index contributed by atoms with van der Waals surface area (Å²) in [5, 5.41) is 3.22. The van der Waals surface area contributed by atoms with Gasteiger partial charge in [-0.3, -0.25) is 0 Å². The summed E-state index contributed by atoms with van der Waals surface area (Å²) in [6.45, 7) is 1.76. The number of thioether (sulfide) groups is 1. The number of amides is 2. The minimum atomic E-state index is 0.113. The van der Waals surface area contributed by atoms with Crippen LogP contribution < -0.4 is 5.32 Å². The van der Waals surface area contributed by atoms with E-state index in [0.29, 0.717) is 0 Å². The molecule has 1 aliphatic heterocycles. The third-order valence-corrected chi connectivity index (χ3v) is 4.91. The van der Waals surface area contributed by atoms with Crippen LogP contribution in [0.5, 0.6) is 0 Å². The smallest absolute Gasteiger partial charge is 0.317 e. The van der Waals surface area contributed by atoms with Gasteiger partial charge in [-0.1, -0.05) is 24.3 Å². The minimum Gasteiger partial charge on any atom is -0.331 e. The van der Waals surface area contributed by atoms with Gasteiger partial charge in [0.1, 0.15) is 0 Å². The molecule has 1 N–H and O–H groups in total. The standard InChI is InChI=1S/C15H20N2OS/c18-15(17-8-10-19-11-9-17)16-14-7-3-5-12-4-1-2-6-13(12)14/h1-2,4,6,14H,3,5,7-11H2,(H,16,18)/t14-/m0/s1. The molecule has 3 rings (SSSR count). The van der Waals surface area contributed by atoms with E-state index in [1.807, 2.05) is 16.7 Å². The summed E-state index contributed by atoms with van der Waals surface area (Å²) >= 11 is 1.93.